The molecule has 10 heteroatoms. The number of amides is 2. The number of benzene rings is 3. The highest BCUT2D eigenvalue weighted by Crippen LogP contribution is 2.29. The lowest BCUT2D eigenvalue weighted by molar-refractivity contribution is -0.139. The van der Waals surface area contributed by atoms with Crippen molar-refractivity contribution in [3.8, 4) is 0 Å². The summed E-state index contributed by atoms with van der Waals surface area (Å²) in [6.45, 7) is 8.98. The van der Waals surface area contributed by atoms with Crippen LogP contribution in [-0.2, 0) is 26.2 Å². The second kappa shape index (κ2) is 13.5. The average molecular weight is 605 g/mol. The molecule has 214 valence electrons. The maximum Gasteiger partial charge on any atom is 0.264 e. The maximum absolute atomic E-state index is 14.0. The second-order valence-electron chi connectivity index (χ2n) is 9.84. The molecular formula is C30H35Cl2N3O4S. The van der Waals surface area contributed by atoms with E-state index in [1.807, 2.05) is 32.9 Å². The lowest BCUT2D eigenvalue weighted by Gasteiger charge is -2.32. The molecule has 1 unspecified atom stereocenters. The molecule has 0 saturated heterocycles. The van der Waals surface area contributed by atoms with E-state index in [0.717, 1.165) is 21.9 Å². The van der Waals surface area contributed by atoms with Gasteiger partial charge in [0.05, 0.1) is 10.6 Å². The summed E-state index contributed by atoms with van der Waals surface area (Å²) in [6.07, 6.45) is 0.727. The Morgan fingerprint density at radius 1 is 0.925 bits per heavy atom. The maximum atomic E-state index is 14.0. The highest BCUT2D eigenvalue weighted by Gasteiger charge is 2.33. The van der Waals surface area contributed by atoms with Crippen LogP contribution in [0.25, 0.3) is 0 Å². The van der Waals surface area contributed by atoms with Crippen LogP contribution in [0.3, 0.4) is 0 Å². The van der Waals surface area contributed by atoms with Crippen LogP contribution in [0, 0.1) is 20.8 Å². The fourth-order valence-electron chi connectivity index (χ4n) is 4.15. The van der Waals surface area contributed by atoms with Gasteiger partial charge in [-0.1, -0.05) is 66.0 Å². The molecule has 0 radical (unpaired) electrons. The highest BCUT2D eigenvalue weighted by molar-refractivity contribution is 7.92. The number of hydrogen-bond donors (Lipinski definition) is 1. The molecule has 1 atom stereocenters. The first-order valence-electron chi connectivity index (χ1n) is 13.0. The molecule has 3 aromatic rings. The monoisotopic (exact) mass is 603 g/mol. The van der Waals surface area contributed by atoms with Crippen LogP contribution in [-0.4, -0.2) is 44.3 Å². The molecule has 0 spiro atoms. The summed E-state index contributed by atoms with van der Waals surface area (Å²) >= 11 is 12.5. The molecule has 40 heavy (non-hydrogen) atoms. The van der Waals surface area contributed by atoms with Crippen molar-refractivity contribution in [2.24, 2.45) is 0 Å². The first-order chi connectivity index (χ1) is 18.8. The summed E-state index contributed by atoms with van der Waals surface area (Å²) < 4.78 is 29.1. The van der Waals surface area contributed by atoms with Crippen LogP contribution < -0.4 is 9.62 Å². The molecule has 0 fully saturated rings. The number of nitrogens with zero attached hydrogens (tertiary/aromatic N) is 2. The number of anilines is 1. The summed E-state index contributed by atoms with van der Waals surface area (Å²) in [7, 11) is -4.14. The number of hydrogen-bond acceptors (Lipinski definition) is 4. The van der Waals surface area contributed by atoms with Gasteiger partial charge >= 0.3 is 0 Å². The third kappa shape index (κ3) is 7.56. The summed E-state index contributed by atoms with van der Waals surface area (Å²) in [5.74, 6) is -0.901. The summed E-state index contributed by atoms with van der Waals surface area (Å²) in [5, 5.41) is 3.60. The molecular weight excluding hydrogens is 569 g/mol. The number of sulfonamides is 1. The van der Waals surface area contributed by atoms with E-state index >= 15 is 0 Å². The molecule has 0 bridgehead atoms. The molecule has 0 aromatic heterocycles. The predicted molar refractivity (Wildman–Crippen MR) is 161 cm³/mol. The number of carbonyl (C=O) groups excluding carboxylic acids is 2. The average Bonchev–Trinajstić information content (AvgIpc) is 2.91. The van der Waals surface area contributed by atoms with E-state index in [2.05, 4.69) is 5.32 Å². The number of aryl methyl sites for hydroxylation is 3. The van der Waals surface area contributed by atoms with Crippen molar-refractivity contribution in [1.29, 1.82) is 0 Å². The van der Waals surface area contributed by atoms with Crippen molar-refractivity contribution in [3.05, 3.63) is 93.0 Å². The van der Waals surface area contributed by atoms with Gasteiger partial charge in [-0.25, -0.2) is 8.42 Å². The van der Waals surface area contributed by atoms with E-state index in [1.165, 1.54) is 17.0 Å². The summed E-state index contributed by atoms with van der Waals surface area (Å²) in [6, 6.07) is 15.9. The molecule has 0 aliphatic rings. The Bertz CT molecular complexity index is 1480. The van der Waals surface area contributed by atoms with Gasteiger partial charge in [0.2, 0.25) is 11.8 Å². The number of carbonyl (C=O) groups is 2. The van der Waals surface area contributed by atoms with Crippen molar-refractivity contribution in [2.45, 2.75) is 58.5 Å². The molecule has 0 saturated carbocycles. The minimum atomic E-state index is -4.14. The fourth-order valence-corrected chi connectivity index (χ4v) is 6.09. The molecule has 3 aromatic carbocycles. The van der Waals surface area contributed by atoms with Crippen molar-refractivity contribution >= 4 is 50.7 Å². The van der Waals surface area contributed by atoms with E-state index in [4.69, 9.17) is 23.2 Å². The second-order valence-corrected chi connectivity index (χ2v) is 12.5. The topological polar surface area (TPSA) is 86.8 Å². The van der Waals surface area contributed by atoms with Crippen LogP contribution in [0.15, 0.2) is 65.6 Å². The van der Waals surface area contributed by atoms with Gasteiger partial charge in [-0.2, -0.15) is 0 Å². The lowest BCUT2D eigenvalue weighted by atomic mass is 10.1. The predicted octanol–water partition coefficient (Wildman–Crippen LogP) is 6.06. The van der Waals surface area contributed by atoms with Gasteiger partial charge < -0.3 is 10.2 Å². The SMILES string of the molecule is CCCNC(=O)C(C)N(Cc1ccc(Cl)cc1Cl)C(=O)CN(c1cc(C)ccc1C)S(=O)(=O)c1ccc(C)cc1. The van der Waals surface area contributed by atoms with Crippen LogP contribution in [0.5, 0.6) is 0 Å². The van der Waals surface area contributed by atoms with Crippen LogP contribution in [0.1, 0.15) is 42.5 Å². The third-order valence-corrected chi connectivity index (χ3v) is 8.95. The molecule has 3 rings (SSSR count). The molecule has 0 aliphatic carbocycles. The fraction of sp³-hybridized carbons (Fsp3) is 0.333. The zero-order chi connectivity index (χ0) is 29.6. The Morgan fingerprint density at radius 2 is 1.57 bits per heavy atom. The Hall–Kier alpha value is -3.07. The van der Waals surface area contributed by atoms with Gasteiger partial charge in [0.15, 0.2) is 0 Å². The number of halogens is 2. The van der Waals surface area contributed by atoms with Gasteiger partial charge in [0.1, 0.15) is 12.6 Å². The number of rotatable bonds is 11. The van der Waals surface area contributed by atoms with Crippen LogP contribution in [0.4, 0.5) is 5.69 Å². The van der Waals surface area contributed by atoms with E-state index < -0.39 is 28.5 Å². The standard InChI is InChI=1S/C30H35Cl2N3O4S/c1-6-15-33-30(37)23(5)34(18-24-11-12-25(31)17-27(24)32)29(36)19-35(28-16-21(3)7-10-22(28)4)40(38,39)26-13-8-20(2)9-14-26/h7-14,16-17,23H,6,15,18-19H2,1-5H3,(H,33,37). The van der Waals surface area contributed by atoms with Crippen molar-refractivity contribution in [1.82, 2.24) is 10.2 Å². The van der Waals surface area contributed by atoms with E-state index in [0.29, 0.717) is 33.4 Å². The molecule has 7 nitrogen and oxygen atoms in total. The Kier molecular flexibility index (Phi) is 10.6. The quantitative estimate of drug-likeness (QED) is 0.289. The van der Waals surface area contributed by atoms with E-state index in [-0.39, 0.29) is 17.3 Å². The van der Waals surface area contributed by atoms with Gasteiger partial charge in [0.25, 0.3) is 10.0 Å². The minimum absolute atomic E-state index is 0.0131. The van der Waals surface area contributed by atoms with Crippen molar-refractivity contribution in [2.75, 3.05) is 17.4 Å². The van der Waals surface area contributed by atoms with Gasteiger partial charge in [0, 0.05) is 23.1 Å². The third-order valence-electron chi connectivity index (χ3n) is 6.59. The molecule has 0 heterocycles. The minimum Gasteiger partial charge on any atom is -0.354 e. The Balaban J connectivity index is 2.08. The first-order valence-corrected chi connectivity index (χ1v) is 15.2. The van der Waals surface area contributed by atoms with E-state index in [1.54, 1.807) is 50.2 Å². The largest absolute Gasteiger partial charge is 0.354 e. The molecule has 1 N–H and O–H groups in total. The van der Waals surface area contributed by atoms with Gasteiger partial charge in [-0.05, 0) is 81.1 Å². The smallest absolute Gasteiger partial charge is 0.264 e. The highest BCUT2D eigenvalue weighted by atomic mass is 35.5. The van der Waals surface area contributed by atoms with Crippen molar-refractivity contribution < 1.29 is 18.0 Å². The van der Waals surface area contributed by atoms with Crippen LogP contribution in [0.2, 0.25) is 10.0 Å². The Labute approximate surface area is 247 Å². The van der Waals surface area contributed by atoms with Gasteiger partial charge in [-0.3, -0.25) is 13.9 Å². The van der Waals surface area contributed by atoms with Crippen molar-refractivity contribution in [3.63, 3.8) is 0 Å². The summed E-state index contributed by atoms with van der Waals surface area (Å²) in [5.41, 5.74) is 3.41. The number of nitrogens with one attached hydrogen (secondary N) is 1. The first kappa shape index (κ1) is 31.5. The molecule has 2 amide bonds. The van der Waals surface area contributed by atoms with E-state index in [9.17, 15) is 18.0 Å². The normalized spacial score (nSPS) is 12.1. The molecule has 0 aliphatic heterocycles. The zero-order valence-electron chi connectivity index (χ0n) is 23.4. The van der Waals surface area contributed by atoms with Crippen LogP contribution >= 0.6 is 23.2 Å². The summed E-state index contributed by atoms with van der Waals surface area (Å²) in [4.78, 5) is 28.4. The Morgan fingerprint density at radius 3 is 2.20 bits per heavy atom. The van der Waals surface area contributed by atoms with Gasteiger partial charge in [-0.15, -0.1) is 0 Å². The lowest BCUT2D eigenvalue weighted by Crippen LogP contribution is -2.51. The zero-order valence-corrected chi connectivity index (χ0v) is 25.7.